The van der Waals surface area contributed by atoms with Crippen LogP contribution in [-0.4, -0.2) is 31.3 Å². The standard InChI is InChI=1S/C12H20N4O2/c1-2-3-4-6-10-13-14-15-16(10)9-12(11(17)18)7-5-8-12/h2-9H2,1H3,(H,17,18). The molecule has 0 amide bonds. The quantitative estimate of drug-likeness (QED) is 0.746. The molecule has 1 heterocycles. The number of nitrogens with zero attached hydrogens (tertiary/aromatic N) is 4. The molecule has 18 heavy (non-hydrogen) atoms. The predicted octanol–water partition coefficient (Wildman–Crippen LogP) is 1.66. The summed E-state index contributed by atoms with van der Waals surface area (Å²) < 4.78 is 1.68. The molecule has 6 heteroatoms. The molecule has 0 aliphatic heterocycles. The lowest BCUT2D eigenvalue weighted by Crippen LogP contribution is -2.42. The van der Waals surface area contributed by atoms with E-state index in [2.05, 4.69) is 22.4 Å². The molecule has 100 valence electrons. The highest BCUT2D eigenvalue weighted by Gasteiger charge is 2.45. The van der Waals surface area contributed by atoms with Crippen molar-refractivity contribution < 1.29 is 9.90 Å². The Hall–Kier alpha value is -1.46. The summed E-state index contributed by atoms with van der Waals surface area (Å²) in [6.45, 7) is 2.56. The number of tetrazole rings is 1. The normalized spacial score (nSPS) is 17.4. The summed E-state index contributed by atoms with van der Waals surface area (Å²) in [6.07, 6.45) is 6.64. The average molecular weight is 252 g/mol. The van der Waals surface area contributed by atoms with Crippen molar-refractivity contribution in [1.82, 2.24) is 20.2 Å². The Bertz CT molecular complexity index is 412. The summed E-state index contributed by atoms with van der Waals surface area (Å²) in [5.74, 6) is 0.0970. The molecule has 0 saturated heterocycles. The van der Waals surface area contributed by atoms with Gasteiger partial charge in [0.05, 0.1) is 12.0 Å². The van der Waals surface area contributed by atoms with Gasteiger partial charge >= 0.3 is 5.97 Å². The molecule has 0 bridgehead atoms. The summed E-state index contributed by atoms with van der Waals surface area (Å²) in [5, 5.41) is 20.9. The lowest BCUT2D eigenvalue weighted by Gasteiger charge is -2.37. The summed E-state index contributed by atoms with van der Waals surface area (Å²) in [7, 11) is 0. The molecule has 0 unspecified atom stereocenters. The van der Waals surface area contributed by atoms with E-state index < -0.39 is 11.4 Å². The molecule has 0 radical (unpaired) electrons. The van der Waals surface area contributed by atoms with E-state index in [0.717, 1.165) is 50.8 Å². The molecule has 0 spiro atoms. The fourth-order valence-electron chi connectivity index (χ4n) is 2.39. The third kappa shape index (κ3) is 2.52. The molecular weight excluding hydrogens is 232 g/mol. The number of hydrogen-bond acceptors (Lipinski definition) is 4. The number of hydrogen-bond donors (Lipinski definition) is 1. The van der Waals surface area contributed by atoms with Gasteiger partial charge in [-0.05, 0) is 29.7 Å². The molecular formula is C12H20N4O2. The maximum Gasteiger partial charge on any atom is 0.311 e. The van der Waals surface area contributed by atoms with Gasteiger partial charge in [-0.2, -0.15) is 0 Å². The van der Waals surface area contributed by atoms with E-state index in [0.29, 0.717) is 6.54 Å². The van der Waals surface area contributed by atoms with Gasteiger partial charge in [0.2, 0.25) is 0 Å². The van der Waals surface area contributed by atoms with E-state index in [1.807, 2.05) is 0 Å². The molecule has 1 aliphatic carbocycles. The van der Waals surface area contributed by atoms with Crippen molar-refractivity contribution in [1.29, 1.82) is 0 Å². The summed E-state index contributed by atoms with van der Waals surface area (Å²) >= 11 is 0. The molecule has 0 aromatic carbocycles. The number of unbranched alkanes of at least 4 members (excludes halogenated alkanes) is 2. The molecule has 1 aromatic rings. The predicted molar refractivity (Wildman–Crippen MR) is 65.0 cm³/mol. The van der Waals surface area contributed by atoms with E-state index in [9.17, 15) is 9.90 Å². The van der Waals surface area contributed by atoms with Crippen molar-refractivity contribution in [2.75, 3.05) is 0 Å². The Kier molecular flexibility index (Phi) is 3.93. The molecule has 1 aliphatic rings. The monoisotopic (exact) mass is 252 g/mol. The number of rotatable bonds is 7. The first-order valence-electron chi connectivity index (χ1n) is 6.66. The van der Waals surface area contributed by atoms with Crippen LogP contribution >= 0.6 is 0 Å². The third-order valence-corrected chi connectivity index (χ3v) is 3.83. The van der Waals surface area contributed by atoms with E-state index in [-0.39, 0.29) is 0 Å². The van der Waals surface area contributed by atoms with Crippen LogP contribution < -0.4 is 0 Å². The Balaban J connectivity index is 2.00. The minimum atomic E-state index is -0.719. The first-order valence-corrected chi connectivity index (χ1v) is 6.66. The Morgan fingerprint density at radius 2 is 2.22 bits per heavy atom. The molecule has 1 saturated carbocycles. The zero-order valence-corrected chi connectivity index (χ0v) is 10.8. The highest BCUT2D eigenvalue weighted by molar-refractivity contribution is 5.75. The Morgan fingerprint density at radius 3 is 2.78 bits per heavy atom. The summed E-state index contributed by atoms with van der Waals surface area (Å²) in [6, 6.07) is 0. The number of aromatic nitrogens is 4. The van der Waals surface area contributed by atoms with Gasteiger partial charge in [0.25, 0.3) is 0 Å². The maximum atomic E-state index is 11.3. The number of aliphatic carboxylic acids is 1. The van der Waals surface area contributed by atoms with E-state index in [4.69, 9.17) is 0 Å². The van der Waals surface area contributed by atoms with Crippen LogP contribution in [0.5, 0.6) is 0 Å². The molecule has 2 rings (SSSR count). The number of carbonyl (C=O) groups is 1. The highest BCUT2D eigenvalue weighted by Crippen LogP contribution is 2.42. The van der Waals surface area contributed by atoms with Crippen molar-refractivity contribution in [3.05, 3.63) is 5.82 Å². The van der Waals surface area contributed by atoms with Gasteiger partial charge in [0.1, 0.15) is 0 Å². The molecule has 1 N–H and O–H groups in total. The van der Waals surface area contributed by atoms with E-state index in [1.165, 1.54) is 0 Å². The van der Waals surface area contributed by atoms with E-state index >= 15 is 0 Å². The first kappa shape index (κ1) is 13.0. The van der Waals surface area contributed by atoms with Crippen molar-refractivity contribution >= 4 is 5.97 Å². The van der Waals surface area contributed by atoms with Gasteiger partial charge in [0.15, 0.2) is 5.82 Å². The van der Waals surface area contributed by atoms with Gasteiger partial charge in [-0.3, -0.25) is 4.79 Å². The van der Waals surface area contributed by atoms with Crippen LogP contribution in [0.2, 0.25) is 0 Å². The lowest BCUT2D eigenvalue weighted by molar-refractivity contribution is -0.156. The smallest absolute Gasteiger partial charge is 0.311 e. The SMILES string of the molecule is CCCCCc1nnnn1CC1(C(=O)O)CCC1. The van der Waals surface area contributed by atoms with Crippen molar-refractivity contribution in [2.45, 2.75) is 58.4 Å². The molecule has 1 fully saturated rings. The van der Waals surface area contributed by atoms with Crippen molar-refractivity contribution in [3.63, 3.8) is 0 Å². The fourth-order valence-corrected chi connectivity index (χ4v) is 2.39. The van der Waals surface area contributed by atoms with Crippen molar-refractivity contribution in [3.8, 4) is 0 Å². The highest BCUT2D eigenvalue weighted by atomic mass is 16.4. The number of carboxylic acid groups (broad SMARTS) is 1. The second-order valence-electron chi connectivity index (χ2n) is 5.15. The largest absolute Gasteiger partial charge is 0.481 e. The second kappa shape index (κ2) is 5.46. The van der Waals surface area contributed by atoms with Gasteiger partial charge in [-0.1, -0.05) is 26.2 Å². The zero-order valence-electron chi connectivity index (χ0n) is 10.8. The summed E-state index contributed by atoms with van der Waals surface area (Å²) in [4.78, 5) is 11.3. The number of aryl methyl sites for hydroxylation is 1. The van der Waals surface area contributed by atoms with Crippen LogP contribution in [0.1, 0.15) is 51.3 Å². The van der Waals surface area contributed by atoms with Gasteiger partial charge in [-0.15, -0.1) is 5.10 Å². The Morgan fingerprint density at radius 1 is 1.44 bits per heavy atom. The third-order valence-electron chi connectivity index (χ3n) is 3.83. The molecule has 0 atom stereocenters. The summed E-state index contributed by atoms with van der Waals surface area (Å²) in [5.41, 5.74) is -0.630. The second-order valence-corrected chi connectivity index (χ2v) is 5.15. The van der Waals surface area contributed by atoms with Crippen LogP contribution in [0, 0.1) is 5.41 Å². The Labute approximate surface area is 106 Å². The van der Waals surface area contributed by atoms with Crippen LogP contribution in [0.25, 0.3) is 0 Å². The lowest BCUT2D eigenvalue weighted by atomic mass is 9.69. The van der Waals surface area contributed by atoms with Crippen LogP contribution in [0.3, 0.4) is 0 Å². The molecule has 1 aromatic heterocycles. The number of carboxylic acids is 1. The minimum absolute atomic E-state index is 0.413. The first-order chi connectivity index (χ1) is 8.68. The van der Waals surface area contributed by atoms with Gasteiger partial charge < -0.3 is 5.11 Å². The van der Waals surface area contributed by atoms with Crippen LogP contribution in [0.4, 0.5) is 0 Å². The maximum absolute atomic E-state index is 11.3. The average Bonchev–Trinajstić information content (AvgIpc) is 2.71. The minimum Gasteiger partial charge on any atom is -0.481 e. The zero-order chi connectivity index (χ0) is 13.0. The van der Waals surface area contributed by atoms with Crippen LogP contribution in [0.15, 0.2) is 0 Å². The van der Waals surface area contributed by atoms with E-state index in [1.54, 1.807) is 4.68 Å². The van der Waals surface area contributed by atoms with Crippen molar-refractivity contribution in [2.24, 2.45) is 5.41 Å². The fraction of sp³-hybridized carbons (Fsp3) is 0.833. The molecule has 6 nitrogen and oxygen atoms in total. The van der Waals surface area contributed by atoms with Gasteiger partial charge in [0, 0.05) is 6.42 Å². The van der Waals surface area contributed by atoms with Gasteiger partial charge in [-0.25, -0.2) is 4.68 Å². The topological polar surface area (TPSA) is 80.9 Å². The van der Waals surface area contributed by atoms with Crippen LogP contribution in [-0.2, 0) is 17.8 Å².